The molecule has 1 unspecified atom stereocenters. The van der Waals surface area contributed by atoms with Crippen molar-refractivity contribution in [2.75, 3.05) is 6.54 Å². The highest BCUT2D eigenvalue weighted by Crippen LogP contribution is 2.32. The van der Waals surface area contributed by atoms with Crippen molar-refractivity contribution in [3.05, 3.63) is 28.3 Å². The Balaban J connectivity index is 2.34. The second-order valence-electron chi connectivity index (χ2n) is 3.82. The third-order valence-electron chi connectivity index (χ3n) is 2.74. The van der Waals surface area contributed by atoms with Gasteiger partial charge in [0.2, 0.25) is 0 Å². The SMILES string of the molecule is Cc1cc(C2CCCN2)cc(Cl)c1O. The van der Waals surface area contributed by atoms with Gasteiger partial charge in [-0.15, -0.1) is 0 Å². The molecular formula is C11H14ClNO. The molecule has 1 aromatic carbocycles. The Morgan fingerprint density at radius 3 is 2.86 bits per heavy atom. The molecule has 76 valence electrons. The zero-order valence-electron chi connectivity index (χ0n) is 8.18. The summed E-state index contributed by atoms with van der Waals surface area (Å²) in [5.74, 6) is 0.202. The molecule has 0 bridgehead atoms. The van der Waals surface area contributed by atoms with Crippen LogP contribution in [0.5, 0.6) is 5.75 Å². The Kier molecular flexibility index (Phi) is 2.66. The number of halogens is 1. The van der Waals surface area contributed by atoms with E-state index in [2.05, 4.69) is 5.32 Å². The van der Waals surface area contributed by atoms with Crippen molar-refractivity contribution in [2.24, 2.45) is 0 Å². The zero-order chi connectivity index (χ0) is 10.1. The van der Waals surface area contributed by atoms with Crippen molar-refractivity contribution >= 4 is 11.6 Å². The molecule has 1 heterocycles. The van der Waals surface area contributed by atoms with Gasteiger partial charge in [0, 0.05) is 6.04 Å². The number of rotatable bonds is 1. The van der Waals surface area contributed by atoms with Crippen LogP contribution in [-0.4, -0.2) is 11.7 Å². The second kappa shape index (κ2) is 3.79. The number of benzene rings is 1. The average Bonchev–Trinajstić information content (AvgIpc) is 2.66. The van der Waals surface area contributed by atoms with E-state index in [4.69, 9.17) is 11.6 Å². The van der Waals surface area contributed by atoms with Crippen molar-refractivity contribution in [3.63, 3.8) is 0 Å². The fourth-order valence-electron chi connectivity index (χ4n) is 1.93. The van der Waals surface area contributed by atoms with E-state index < -0.39 is 0 Å². The highest BCUT2D eigenvalue weighted by Gasteiger charge is 2.17. The van der Waals surface area contributed by atoms with Crippen LogP contribution in [0.1, 0.15) is 30.0 Å². The molecule has 2 rings (SSSR count). The lowest BCUT2D eigenvalue weighted by Gasteiger charge is -2.13. The number of hydrogen-bond acceptors (Lipinski definition) is 2. The van der Waals surface area contributed by atoms with E-state index in [1.54, 1.807) is 0 Å². The van der Waals surface area contributed by atoms with Crippen LogP contribution in [0.25, 0.3) is 0 Å². The van der Waals surface area contributed by atoms with Crippen LogP contribution in [-0.2, 0) is 0 Å². The molecule has 0 spiro atoms. The minimum absolute atomic E-state index is 0.202. The first-order valence-electron chi connectivity index (χ1n) is 4.91. The van der Waals surface area contributed by atoms with Gasteiger partial charge in [-0.2, -0.15) is 0 Å². The third kappa shape index (κ3) is 1.72. The van der Waals surface area contributed by atoms with Gasteiger partial charge in [-0.1, -0.05) is 17.7 Å². The molecule has 1 aliphatic heterocycles. The third-order valence-corrected chi connectivity index (χ3v) is 3.03. The van der Waals surface area contributed by atoms with Gasteiger partial charge in [0.25, 0.3) is 0 Å². The summed E-state index contributed by atoms with van der Waals surface area (Å²) in [5.41, 5.74) is 2.03. The van der Waals surface area contributed by atoms with E-state index >= 15 is 0 Å². The van der Waals surface area contributed by atoms with Crippen LogP contribution in [0, 0.1) is 6.92 Å². The normalized spacial score (nSPS) is 21.4. The first-order valence-corrected chi connectivity index (χ1v) is 5.28. The molecule has 0 aromatic heterocycles. The molecule has 2 N–H and O–H groups in total. The molecule has 1 fully saturated rings. The summed E-state index contributed by atoms with van der Waals surface area (Å²) in [5, 5.41) is 13.4. The molecule has 3 heteroatoms. The summed E-state index contributed by atoms with van der Waals surface area (Å²) in [6.45, 7) is 2.95. The lowest BCUT2D eigenvalue weighted by Crippen LogP contribution is -2.12. The van der Waals surface area contributed by atoms with Crippen molar-refractivity contribution in [1.29, 1.82) is 0 Å². The minimum atomic E-state index is 0.202. The molecule has 0 aliphatic carbocycles. The van der Waals surface area contributed by atoms with Crippen LogP contribution in [0.3, 0.4) is 0 Å². The van der Waals surface area contributed by atoms with Crippen LogP contribution in [0.15, 0.2) is 12.1 Å². The van der Waals surface area contributed by atoms with Gasteiger partial charge in [-0.3, -0.25) is 0 Å². The Bertz CT molecular complexity index is 322. The fourth-order valence-corrected chi connectivity index (χ4v) is 2.21. The number of hydrogen-bond donors (Lipinski definition) is 2. The van der Waals surface area contributed by atoms with Crippen molar-refractivity contribution in [3.8, 4) is 5.75 Å². The molecule has 0 amide bonds. The Morgan fingerprint density at radius 2 is 2.29 bits per heavy atom. The maximum atomic E-state index is 9.52. The summed E-state index contributed by atoms with van der Waals surface area (Å²) < 4.78 is 0. The topological polar surface area (TPSA) is 32.3 Å². The van der Waals surface area contributed by atoms with E-state index in [1.165, 1.54) is 12.0 Å². The largest absolute Gasteiger partial charge is 0.506 e. The van der Waals surface area contributed by atoms with Gasteiger partial charge in [0.1, 0.15) is 5.75 Å². The number of phenols is 1. The molecule has 1 saturated heterocycles. The van der Waals surface area contributed by atoms with E-state index in [-0.39, 0.29) is 5.75 Å². The van der Waals surface area contributed by atoms with E-state index in [0.717, 1.165) is 18.5 Å². The van der Waals surface area contributed by atoms with Crippen LogP contribution in [0.4, 0.5) is 0 Å². The number of aryl methyl sites for hydroxylation is 1. The lowest BCUT2D eigenvalue weighted by atomic mass is 10.0. The van der Waals surface area contributed by atoms with Gasteiger partial charge in [-0.05, 0) is 43.5 Å². The molecule has 1 atom stereocenters. The van der Waals surface area contributed by atoms with E-state index in [1.807, 2.05) is 19.1 Å². The highest BCUT2D eigenvalue weighted by atomic mass is 35.5. The first-order chi connectivity index (χ1) is 6.68. The second-order valence-corrected chi connectivity index (χ2v) is 4.22. The van der Waals surface area contributed by atoms with E-state index in [9.17, 15) is 5.11 Å². The summed E-state index contributed by atoms with van der Waals surface area (Å²) in [4.78, 5) is 0. The maximum Gasteiger partial charge on any atom is 0.137 e. The molecule has 0 radical (unpaired) electrons. The van der Waals surface area contributed by atoms with Gasteiger partial charge in [-0.25, -0.2) is 0 Å². The molecule has 2 nitrogen and oxygen atoms in total. The number of phenolic OH excluding ortho intramolecular Hbond substituents is 1. The summed E-state index contributed by atoms with van der Waals surface area (Å²) in [7, 11) is 0. The first kappa shape index (κ1) is 9.81. The van der Waals surface area contributed by atoms with Gasteiger partial charge >= 0.3 is 0 Å². The lowest BCUT2D eigenvalue weighted by molar-refractivity contribution is 0.470. The smallest absolute Gasteiger partial charge is 0.137 e. The maximum absolute atomic E-state index is 9.52. The van der Waals surface area contributed by atoms with Crippen LogP contribution >= 0.6 is 11.6 Å². The fraction of sp³-hybridized carbons (Fsp3) is 0.455. The zero-order valence-corrected chi connectivity index (χ0v) is 8.93. The van der Waals surface area contributed by atoms with Gasteiger partial charge in [0.05, 0.1) is 5.02 Å². The quantitative estimate of drug-likeness (QED) is 0.749. The molecule has 1 aromatic rings. The number of nitrogens with one attached hydrogen (secondary N) is 1. The Morgan fingerprint density at radius 1 is 1.50 bits per heavy atom. The van der Waals surface area contributed by atoms with Crippen molar-refractivity contribution < 1.29 is 5.11 Å². The standard InChI is InChI=1S/C11H14ClNO/c1-7-5-8(6-9(12)11(7)14)10-3-2-4-13-10/h5-6,10,13-14H,2-4H2,1H3. The van der Waals surface area contributed by atoms with Gasteiger partial charge < -0.3 is 10.4 Å². The van der Waals surface area contributed by atoms with Crippen LogP contribution in [0.2, 0.25) is 5.02 Å². The molecular weight excluding hydrogens is 198 g/mol. The molecule has 1 aliphatic rings. The van der Waals surface area contributed by atoms with E-state index in [0.29, 0.717) is 11.1 Å². The van der Waals surface area contributed by atoms with Crippen molar-refractivity contribution in [2.45, 2.75) is 25.8 Å². The average molecular weight is 212 g/mol. The Labute approximate surface area is 88.9 Å². The summed E-state index contributed by atoms with van der Waals surface area (Å²) in [6.07, 6.45) is 2.36. The Hall–Kier alpha value is -0.730. The van der Waals surface area contributed by atoms with Gasteiger partial charge in [0.15, 0.2) is 0 Å². The minimum Gasteiger partial charge on any atom is -0.506 e. The van der Waals surface area contributed by atoms with Crippen LogP contribution < -0.4 is 5.32 Å². The summed E-state index contributed by atoms with van der Waals surface area (Å²) >= 11 is 5.92. The summed E-state index contributed by atoms with van der Waals surface area (Å²) in [6, 6.07) is 4.27. The predicted molar refractivity (Wildman–Crippen MR) is 57.8 cm³/mol. The number of aromatic hydroxyl groups is 1. The van der Waals surface area contributed by atoms with Crippen molar-refractivity contribution in [1.82, 2.24) is 5.32 Å². The monoisotopic (exact) mass is 211 g/mol. The highest BCUT2D eigenvalue weighted by molar-refractivity contribution is 6.32. The molecule has 0 saturated carbocycles. The predicted octanol–water partition coefficient (Wildman–Crippen LogP) is 2.78. The molecule has 14 heavy (non-hydrogen) atoms.